The SMILES string of the molecule is CC(C)(CCCCC(O)CCCCC1(CC(=O)O)CC1)CC(=O)O. The molecule has 0 amide bonds. The van der Waals surface area contributed by atoms with Crippen molar-refractivity contribution in [1.29, 1.82) is 0 Å². The molecule has 0 aromatic rings. The lowest BCUT2D eigenvalue weighted by molar-refractivity contribution is -0.140. The Morgan fingerprint density at radius 3 is 2.08 bits per heavy atom. The van der Waals surface area contributed by atoms with Gasteiger partial charge in [0.25, 0.3) is 0 Å². The molecule has 0 aromatic heterocycles. The number of hydrogen-bond donors (Lipinski definition) is 3. The van der Waals surface area contributed by atoms with Gasteiger partial charge in [0.2, 0.25) is 0 Å². The van der Waals surface area contributed by atoms with Crippen LogP contribution in [0.5, 0.6) is 0 Å². The van der Waals surface area contributed by atoms with Crippen LogP contribution >= 0.6 is 0 Å². The molecule has 0 aromatic carbocycles. The Hall–Kier alpha value is -1.10. The van der Waals surface area contributed by atoms with Gasteiger partial charge in [0, 0.05) is 0 Å². The van der Waals surface area contributed by atoms with Gasteiger partial charge < -0.3 is 15.3 Å². The third-order valence-electron chi connectivity index (χ3n) is 5.25. The van der Waals surface area contributed by atoms with Crippen LogP contribution in [0, 0.1) is 10.8 Å². The molecule has 1 atom stereocenters. The van der Waals surface area contributed by atoms with E-state index >= 15 is 0 Å². The topological polar surface area (TPSA) is 94.8 Å². The monoisotopic (exact) mass is 342 g/mol. The fraction of sp³-hybridized carbons (Fsp3) is 0.895. The van der Waals surface area contributed by atoms with Crippen molar-refractivity contribution in [2.24, 2.45) is 10.8 Å². The maximum Gasteiger partial charge on any atom is 0.303 e. The Bertz CT molecular complexity index is 386. The number of unbranched alkanes of at least 4 members (excludes halogenated alkanes) is 2. The van der Waals surface area contributed by atoms with Crippen LogP contribution in [0.25, 0.3) is 0 Å². The van der Waals surface area contributed by atoms with E-state index in [-0.39, 0.29) is 23.4 Å². The lowest BCUT2D eigenvalue weighted by Crippen LogP contribution is -2.17. The van der Waals surface area contributed by atoms with Gasteiger partial charge in [-0.25, -0.2) is 0 Å². The zero-order chi connectivity index (χ0) is 18.2. The van der Waals surface area contributed by atoms with Gasteiger partial charge >= 0.3 is 11.9 Å². The van der Waals surface area contributed by atoms with Gasteiger partial charge in [0.05, 0.1) is 18.9 Å². The molecule has 0 heterocycles. The molecule has 1 unspecified atom stereocenters. The minimum Gasteiger partial charge on any atom is -0.481 e. The molecule has 0 bridgehead atoms. The fourth-order valence-electron chi connectivity index (χ4n) is 3.52. The van der Waals surface area contributed by atoms with Gasteiger partial charge in [-0.05, 0) is 49.4 Å². The smallest absolute Gasteiger partial charge is 0.303 e. The third-order valence-corrected chi connectivity index (χ3v) is 5.25. The van der Waals surface area contributed by atoms with Crippen molar-refractivity contribution in [2.75, 3.05) is 0 Å². The highest BCUT2D eigenvalue weighted by Crippen LogP contribution is 2.52. The summed E-state index contributed by atoms with van der Waals surface area (Å²) >= 11 is 0. The first-order chi connectivity index (χ1) is 11.1. The maximum atomic E-state index is 10.8. The summed E-state index contributed by atoms with van der Waals surface area (Å²) in [5.74, 6) is -1.45. The Morgan fingerprint density at radius 2 is 1.58 bits per heavy atom. The van der Waals surface area contributed by atoms with Gasteiger partial charge in [0.15, 0.2) is 0 Å². The van der Waals surface area contributed by atoms with Crippen molar-refractivity contribution in [1.82, 2.24) is 0 Å². The van der Waals surface area contributed by atoms with E-state index in [0.29, 0.717) is 6.42 Å². The van der Waals surface area contributed by atoms with Gasteiger partial charge in [-0.3, -0.25) is 9.59 Å². The molecule has 0 saturated heterocycles. The van der Waals surface area contributed by atoms with Crippen molar-refractivity contribution in [3.05, 3.63) is 0 Å². The van der Waals surface area contributed by atoms with Gasteiger partial charge in [0.1, 0.15) is 0 Å². The predicted molar refractivity (Wildman–Crippen MR) is 92.9 cm³/mol. The molecule has 24 heavy (non-hydrogen) atoms. The van der Waals surface area contributed by atoms with E-state index in [1.807, 2.05) is 13.8 Å². The standard InChI is InChI=1S/C19H34O5/c1-18(2,13-16(21)22)9-5-3-7-15(20)8-4-6-10-19(11-12-19)14-17(23)24/h15,20H,3-14H2,1-2H3,(H,21,22)(H,23,24). The number of aliphatic hydroxyl groups excluding tert-OH is 1. The summed E-state index contributed by atoms with van der Waals surface area (Å²) in [5, 5.41) is 27.8. The van der Waals surface area contributed by atoms with E-state index in [2.05, 4.69) is 0 Å². The van der Waals surface area contributed by atoms with Crippen molar-refractivity contribution < 1.29 is 24.9 Å². The molecule has 140 valence electrons. The molecule has 1 rings (SSSR count). The number of carbonyl (C=O) groups is 2. The number of carboxylic acids is 2. The predicted octanol–water partition coefficient (Wildman–Crippen LogP) is 4.22. The van der Waals surface area contributed by atoms with E-state index in [4.69, 9.17) is 10.2 Å². The van der Waals surface area contributed by atoms with Gasteiger partial charge in [-0.15, -0.1) is 0 Å². The highest BCUT2D eigenvalue weighted by atomic mass is 16.4. The molecule has 3 N–H and O–H groups in total. The Kier molecular flexibility index (Phi) is 8.20. The number of carboxylic acid groups (broad SMARTS) is 2. The van der Waals surface area contributed by atoms with E-state index in [1.165, 1.54) is 0 Å². The van der Waals surface area contributed by atoms with Crippen LogP contribution in [0.2, 0.25) is 0 Å². The molecule has 1 aliphatic carbocycles. The summed E-state index contributed by atoms with van der Waals surface area (Å²) in [6, 6.07) is 0. The van der Waals surface area contributed by atoms with Crippen LogP contribution in [0.15, 0.2) is 0 Å². The number of hydrogen-bond acceptors (Lipinski definition) is 3. The summed E-state index contributed by atoms with van der Waals surface area (Å²) < 4.78 is 0. The first-order valence-corrected chi connectivity index (χ1v) is 9.26. The Labute approximate surface area is 145 Å². The second-order valence-electron chi connectivity index (χ2n) is 8.45. The van der Waals surface area contributed by atoms with Crippen molar-refractivity contribution in [2.45, 2.75) is 97.0 Å². The molecular weight excluding hydrogens is 308 g/mol. The summed E-state index contributed by atoms with van der Waals surface area (Å²) in [7, 11) is 0. The third kappa shape index (κ3) is 9.26. The maximum absolute atomic E-state index is 10.8. The highest BCUT2D eigenvalue weighted by molar-refractivity contribution is 5.68. The Balaban J connectivity index is 2.03. The molecule has 1 aliphatic rings. The fourth-order valence-corrected chi connectivity index (χ4v) is 3.52. The quantitative estimate of drug-likeness (QED) is 0.411. The second kappa shape index (κ2) is 9.40. The van der Waals surface area contributed by atoms with Crippen molar-refractivity contribution in [3.63, 3.8) is 0 Å². The van der Waals surface area contributed by atoms with Crippen LogP contribution in [-0.2, 0) is 9.59 Å². The largest absolute Gasteiger partial charge is 0.481 e. The van der Waals surface area contributed by atoms with E-state index in [9.17, 15) is 14.7 Å². The summed E-state index contributed by atoms with van der Waals surface area (Å²) in [6.07, 6.45) is 9.46. The molecule has 1 fully saturated rings. The van der Waals surface area contributed by atoms with Crippen LogP contribution in [0.4, 0.5) is 0 Å². The zero-order valence-corrected chi connectivity index (χ0v) is 15.2. The number of rotatable bonds is 14. The van der Waals surface area contributed by atoms with E-state index in [1.54, 1.807) is 0 Å². The molecule has 5 nitrogen and oxygen atoms in total. The van der Waals surface area contributed by atoms with E-state index < -0.39 is 11.9 Å². The lowest BCUT2D eigenvalue weighted by Gasteiger charge is -2.22. The first-order valence-electron chi connectivity index (χ1n) is 9.26. The highest BCUT2D eigenvalue weighted by Gasteiger charge is 2.43. The van der Waals surface area contributed by atoms with Crippen molar-refractivity contribution in [3.8, 4) is 0 Å². The molecule has 5 heteroatoms. The van der Waals surface area contributed by atoms with Crippen molar-refractivity contribution >= 4 is 11.9 Å². The number of aliphatic carboxylic acids is 2. The van der Waals surface area contributed by atoms with Gasteiger partial charge in [-0.2, -0.15) is 0 Å². The average Bonchev–Trinajstić information content (AvgIpc) is 3.17. The number of aliphatic hydroxyl groups is 1. The Morgan fingerprint density at radius 1 is 1.00 bits per heavy atom. The normalized spacial score (nSPS) is 17.5. The minimum atomic E-state index is -0.753. The van der Waals surface area contributed by atoms with Crippen LogP contribution < -0.4 is 0 Å². The van der Waals surface area contributed by atoms with Crippen LogP contribution in [-0.4, -0.2) is 33.4 Å². The molecule has 1 saturated carbocycles. The lowest BCUT2D eigenvalue weighted by atomic mass is 9.83. The van der Waals surface area contributed by atoms with E-state index in [0.717, 1.165) is 64.2 Å². The minimum absolute atomic E-state index is 0.0620. The molecule has 0 aliphatic heterocycles. The second-order valence-corrected chi connectivity index (χ2v) is 8.45. The van der Waals surface area contributed by atoms with Crippen LogP contribution in [0.1, 0.15) is 90.9 Å². The van der Waals surface area contributed by atoms with Crippen LogP contribution in [0.3, 0.4) is 0 Å². The zero-order valence-electron chi connectivity index (χ0n) is 15.2. The molecular formula is C19H34O5. The van der Waals surface area contributed by atoms with Gasteiger partial charge in [-0.1, -0.05) is 39.5 Å². The first kappa shape index (κ1) is 20.9. The average molecular weight is 342 g/mol. The summed E-state index contributed by atoms with van der Waals surface area (Å²) in [4.78, 5) is 21.6. The molecule has 0 spiro atoms. The molecule has 0 radical (unpaired) electrons. The summed E-state index contributed by atoms with van der Waals surface area (Å²) in [6.45, 7) is 3.95. The summed E-state index contributed by atoms with van der Waals surface area (Å²) in [5.41, 5.74) is -0.119.